The van der Waals surface area contributed by atoms with Gasteiger partial charge in [0.15, 0.2) is 0 Å². The van der Waals surface area contributed by atoms with Crippen molar-refractivity contribution in [2.24, 2.45) is 5.10 Å². The Morgan fingerprint density at radius 3 is 2.32 bits per heavy atom. The van der Waals surface area contributed by atoms with Crippen molar-refractivity contribution in [3.63, 3.8) is 0 Å². The van der Waals surface area contributed by atoms with Crippen LogP contribution in [-0.4, -0.2) is 30.6 Å². The third-order valence-electron chi connectivity index (χ3n) is 5.16. The molecule has 1 heterocycles. The lowest BCUT2D eigenvalue weighted by Crippen LogP contribution is -2.04. The van der Waals surface area contributed by atoms with Gasteiger partial charge in [0.1, 0.15) is 5.69 Å². The quantitative estimate of drug-likeness (QED) is 0.236. The number of rotatable bonds is 7. The van der Waals surface area contributed by atoms with Gasteiger partial charge in [0.05, 0.1) is 39.2 Å². The lowest BCUT2D eigenvalue weighted by Gasteiger charge is -2.08. The summed E-state index contributed by atoms with van der Waals surface area (Å²) in [5.41, 5.74) is 7.04. The first-order valence-corrected chi connectivity index (χ1v) is 10.1. The van der Waals surface area contributed by atoms with E-state index in [0.717, 1.165) is 34.1 Å². The molecule has 4 rings (SSSR count). The molecule has 0 aliphatic carbocycles. The first kappa shape index (κ1) is 22.3. The number of hydrazone groups is 1. The summed E-state index contributed by atoms with van der Waals surface area (Å²) < 4.78 is 1.74. The van der Waals surface area contributed by atoms with Gasteiger partial charge in [-0.25, -0.2) is 4.68 Å². The number of hydrogen-bond acceptors (Lipinski definition) is 8. The Morgan fingerprint density at radius 2 is 1.68 bits per heavy atom. The standard InChI is InChI=1S/C23H19N7O4/c1-15-3-5-18(6-4-15)23-14-24-27-28(23)19-9-7-17(8-10-19)16(2)25-26-21-12-11-20(29(31)32)13-22(21)30(33)34/h3-14,26H,1-2H3/b25-16-. The summed E-state index contributed by atoms with van der Waals surface area (Å²) in [6.07, 6.45) is 1.70. The SMILES string of the molecule is C/C(=N/Nc1ccc([N+](=O)[O-])cc1[N+](=O)[O-])c1ccc(-n2nncc2-c2ccc(C)cc2)cc1. The molecule has 0 saturated heterocycles. The molecule has 0 unspecified atom stereocenters. The molecule has 0 fully saturated rings. The highest BCUT2D eigenvalue weighted by Gasteiger charge is 2.19. The van der Waals surface area contributed by atoms with Gasteiger partial charge in [-0.2, -0.15) is 5.10 Å². The van der Waals surface area contributed by atoms with Gasteiger partial charge < -0.3 is 0 Å². The van der Waals surface area contributed by atoms with Crippen LogP contribution in [0.15, 0.2) is 78.0 Å². The minimum absolute atomic E-state index is 0.0527. The topological polar surface area (TPSA) is 141 Å². The van der Waals surface area contributed by atoms with Crippen LogP contribution in [0.2, 0.25) is 0 Å². The molecule has 3 aromatic carbocycles. The third kappa shape index (κ3) is 4.63. The Balaban J connectivity index is 1.55. The maximum atomic E-state index is 11.3. The number of aryl methyl sites for hydroxylation is 1. The predicted molar refractivity (Wildman–Crippen MR) is 127 cm³/mol. The van der Waals surface area contributed by atoms with Crippen molar-refractivity contribution in [1.82, 2.24) is 15.0 Å². The minimum Gasteiger partial charge on any atom is -0.271 e. The molecule has 1 aromatic heterocycles. The summed E-state index contributed by atoms with van der Waals surface area (Å²) in [5, 5.41) is 34.6. The molecule has 0 spiro atoms. The summed E-state index contributed by atoms with van der Waals surface area (Å²) in [5.74, 6) is 0. The molecule has 1 N–H and O–H groups in total. The van der Waals surface area contributed by atoms with Crippen molar-refractivity contribution in [1.29, 1.82) is 0 Å². The van der Waals surface area contributed by atoms with Gasteiger partial charge in [0.2, 0.25) is 0 Å². The number of nitrogens with zero attached hydrogens (tertiary/aromatic N) is 6. The van der Waals surface area contributed by atoms with E-state index in [9.17, 15) is 20.2 Å². The molecular weight excluding hydrogens is 438 g/mol. The largest absolute Gasteiger partial charge is 0.301 e. The number of nitrogens with one attached hydrogen (secondary N) is 1. The van der Waals surface area contributed by atoms with E-state index in [1.165, 1.54) is 12.1 Å². The Bertz CT molecular complexity index is 1390. The van der Waals surface area contributed by atoms with Crippen molar-refractivity contribution in [3.8, 4) is 16.9 Å². The van der Waals surface area contributed by atoms with E-state index in [2.05, 4.69) is 20.8 Å². The zero-order valence-electron chi connectivity index (χ0n) is 18.2. The molecule has 34 heavy (non-hydrogen) atoms. The average Bonchev–Trinajstić information content (AvgIpc) is 3.33. The second-order valence-corrected chi connectivity index (χ2v) is 7.47. The van der Waals surface area contributed by atoms with E-state index >= 15 is 0 Å². The van der Waals surface area contributed by atoms with Gasteiger partial charge in [-0.3, -0.25) is 25.7 Å². The van der Waals surface area contributed by atoms with Gasteiger partial charge >= 0.3 is 5.69 Å². The van der Waals surface area contributed by atoms with E-state index < -0.39 is 15.5 Å². The minimum atomic E-state index is -0.696. The van der Waals surface area contributed by atoms with Gasteiger partial charge in [0.25, 0.3) is 5.69 Å². The zero-order chi connectivity index (χ0) is 24.2. The number of benzene rings is 3. The fraction of sp³-hybridized carbons (Fsp3) is 0.0870. The van der Waals surface area contributed by atoms with Crippen LogP contribution in [0.5, 0.6) is 0 Å². The third-order valence-corrected chi connectivity index (χ3v) is 5.16. The molecule has 0 aliphatic heterocycles. The Kier molecular flexibility index (Phi) is 6.08. The summed E-state index contributed by atoms with van der Waals surface area (Å²) in [4.78, 5) is 20.8. The van der Waals surface area contributed by atoms with E-state index in [4.69, 9.17) is 0 Å². The van der Waals surface area contributed by atoms with Crippen LogP contribution in [-0.2, 0) is 0 Å². The first-order chi connectivity index (χ1) is 16.3. The number of aromatic nitrogens is 3. The second kappa shape index (κ2) is 9.28. The van der Waals surface area contributed by atoms with E-state index in [0.29, 0.717) is 5.71 Å². The predicted octanol–water partition coefficient (Wildman–Crippen LogP) is 4.90. The first-order valence-electron chi connectivity index (χ1n) is 10.1. The maximum absolute atomic E-state index is 11.3. The van der Waals surface area contributed by atoms with E-state index in [1.54, 1.807) is 17.8 Å². The van der Waals surface area contributed by atoms with Crippen molar-refractivity contribution in [2.45, 2.75) is 13.8 Å². The average molecular weight is 457 g/mol. The number of anilines is 1. The van der Waals surface area contributed by atoms with Crippen molar-refractivity contribution >= 4 is 22.8 Å². The van der Waals surface area contributed by atoms with Gasteiger partial charge in [-0.15, -0.1) is 5.10 Å². The lowest BCUT2D eigenvalue weighted by molar-refractivity contribution is -0.393. The molecule has 0 radical (unpaired) electrons. The van der Waals surface area contributed by atoms with Crippen LogP contribution >= 0.6 is 0 Å². The molecule has 0 amide bonds. The van der Waals surface area contributed by atoms with Gasteiger partial charge in [0, 0.05) is 11.6 Å². The van der Waals surface area contributed by atoms with Crippen molar-refractivity contribution < 1.29 is 9.85 Å². The number of nitro groups is 2. The van der Waals surface area contributed by atoms with Crippen LogP contribution in [0, 0.1) is 27.2 Å². The number of hydrogen-bond donors (Lipinski definition) is 1. The molecule has 170 valence electrons. The Morgan fingerprint density at radius 1 is 0.971 bits per heavy atom. The number of nitro benzene ring substituents is 2. The maximum Gasteiger partial charge on any atom is 0.301 e. The molecule has 11 heteroatoms. The molecule has 0 saturated carbocycles. The van der Waals surface area contributed by atoms with Crippen molar-refractivity contribution in [2.75, 3.05) is 5.43 Å². The van der Waals surface area contributed by atoms with Gasteiger partial charge in [-0.1, -0.05) is 47.2 Å². The Labute approximate surface area is 193 Å². The van der Waals surface area contributed by atoms with E-state index in [-0.39, 0.29) is 11.4 Å². The monoisotopic (exact) mass is 457 g/mol. The summed E-state index contributed by atoms with van der Waals surface area (Å²) in [6.45, 7) is 3.77. The lowest BCUT2D eigenvalue weighted by atomic mass is 10.1. The highest BCUT2D eigenvalue weighted by atomic mass is 16.6. The molecule has 11 nitrogen and oxygen atoms in total. The van der Waals surface area contributed by atoms with Crippen molar-refractivity contribution in [3.05, 3.63) is 104 Å². The van der Waals surface area contributed by atoms with Crippen LogP contribution in [0.3, 0.4) is 0 Å². The second-order valence-electron chi connectivity index (χ2n) is 7.47. The van der Waals surface area contributed by atoms with Crippen LogP contribution in [0.1, 0.15) is 18.1 Å². The van der Waals surface area contributed by atoms with E-state index in [1.807, 2.05) is 55.5 Å². The molecule has 0 aliphatic rings. The number of non-ortho nitro benzene ring substituents is 1. The molecule has 4 aromatic rings. The van der Waals surface area contributed by atoms with Crippen LogP contribution in [0.25, 0.3) is 16.9 Å². The molecule has 0 bridgehead atoms. The fourth-order valence-electron chi connectivity index (χ4n) is 3.28. The summed E-state index contributed by atoms with van der Waals surface area (Å²) >= 11 is 0. The van der Waals surface area contributed by atoms with Crippen LogP contribution < -0.4 is 5.43 Å². The summed E-state index contributed by atoms with van der Waals surface area (Å²) in [7, 11) is 0. The zero-order valence-corrected chi connectivity index (χ0v) is 18.2. The highest BCUT2D eigenvalue weighted by Crippen LogP contribution is 2.29. The fourth-order valence-corrected chi connectivity index (χ4v) is 3.28. The smallest absolute Gasteiger partial charge is 0.271 e. The summed E-state index contributed by atoms with van der Waals surface area (Å²) in [6, 6.07) is 18.8. The Hall–Kier alpha value is -4.93. The van der Waals surface area contributed by atoms with Gasteiger partial charge in [-0.05, 0) is 37.6 Å². The molecular formula is C23H19N7O4. The molecule has 0 atom stereocenters. The highest BCUT2D eigenvalue weighted by molar-refractivity contribution is 5.99. The normalized spacial score (nSPS) is 11.3. The van der Waals surface area contributed by atoms with Crippen LogP contribution in [0.4, 0.5) is 17.1 Å².